The van der Waals surface area contributed by atoms with E-state index >= 15 is 0 Å². The molecule has 38 heavy (non-hydrogen) atoms. The highest BCUT2D eigenvalue weighted by molar-refractivity contribution is 6.07. The second kappa shape index (κ2) is 11.9. The van der Waals surface area contributed by atoms with E-state index in [4.69, 9.17) is 20.4 Å². The number of morpholine rings is 1. The Morgan fingerprint density at radius 2 is 1.87 bits per heavy atom. The maximum Gasteiger partial charge on any atom is 0.0678 e. The van der Waals surface area contributed by atoms with Crippen LogP contribution < -0.4 is 5.73 Å². The number of hydrogen-bond donors (Lipinski definition) is 1. The number of fused-ring (bicyclic) bond motifs is 4. The summed E-state index contributed by atoms with van der Waals surface area (Å²) in [6.45, 7) is 8.26. The van der Waals surface area contributed by atoms with Crippen LogP contribution in [0.4, 0.5) is 0 Å². The fraction of sp³-hybridized carbons (Fsp3) is 0.484. The Bertz CT molecular complexity index is 1360. The van der Waals surface area contributed by atoms with E-state index in [1.807, 2.05) is 6.20 Å². The number of ether oxygens (including phenoxy) is 1. The summed E-state index contributed by atoms with van der Waals surface area (Å²) in [5.41, 5.74) is 12.2. The zero-order chi connectivity index (χ0) is 25.7. The molecule has 4 aromatic rings. The number of pyridine rings is 2. The van der Waals surface area contributed by atoms with Crippen molar-refractivity contribution in [1.82, 2.24) is 24.3 Å². The number of aromatic nitrogens is 3. The van der Waals surface area contributed by atoms with E-state index < -0.39 is 0 Å². The molecule has 3 aromatic heterocycles. The van der Waals surface area contributed by atoms with Gasteiger partial charge < -0.3 is 15.0 Å². The van der Waals surface area contributed by atoms with E-state index in [0.29, 0.717) is 6.04 Å². The van der Waals surface area contributed by atoms with Crippen molar-refractivity contribution >= 4 is 21.8 Å². The predicted molar refractivity (Wildman–Crippen MR) is 153 cm³/mol. The summed E-state index contributed by atoms with van der Waals surface area (Å²) in [6.07, 6.45) is 9.68. The Kier molecular flexibility index (Phi) is 7.97. The second-order valence-electron chi connectivity index (χ2n) is 10.7. The van der Waals surface area contributed by atoms with Crippen molar-refractivity contribution in [3.8, 4) is 0 Å². The molecule has 200 valence electrons. The zero-order valence-electron chi connectivity index (χ0n) is 22.4. The summed E-state index contributed by atoms with van der Waals surface area (Å²) >= 11 is 0. The predicted octanol–water partition coefficient (Wildman–Crippen LogP) is 4.54. The van der Waals surface area contributed by atoms with Crippen molar-refractivity contribution in [3.63, 3.8) is 0 Å². The molecule has 0 saturated carbocycles. The van der Waals surface area contributed by atoms with Crippen molar-refractivity contribution < 1.29 is 4.74 Å². The van der Waals surface area contributed by atoms with Crippen LogP contribution >= 0.6 is 0 Å². The van der Waals surface area contributed by atoms with E-state index in [2.05, 4.69) is 63.0 Å². The van der Waals surface area contributed by atoms with Gasteiger partial charge >= 0.3 is 0 Å². The molecule has 1 saturated heterocycles. The van der Waals surface area contributed by atoms with Gasteiger partial charge in [-0.05, 0) is 69.0 Å². The van der Waals surface area contributed by atoms with Gasteiger partial charge in [0.25, 0.3) is 0 Å². The number of hydrogen-bond acceptors (Lipinski definition) is 6. The molecule has 0 bridgehead atoms. The smallest absolute Gasteiger partial charge is 0.0678 e. The Morgan fingerprint density at radius 1 is 0.974 bits per heavy atom. The summed E-state index contributed by atoms with van der Waals surface area (Å²) in [5, 5.41) is 2.61. The molecule has 0 spiro atoms. The Labute approximate surface area is 225 Å². The quantitative estimate of drug-likeness (QED) is 0.315. The standard InChI is InChI=1S/C31H40N6O/c32-12-3-4-14-36(29-11-5-7-24-8-6-13-33-31(24)29)23-25-21-27-26-9-1-2-10-28(26)37(30(27)22-34-25)16-15-35-17-19-38-20-18-35/h1-2,6,8-10,13,21-22,29H,3-5,7,11-12,14-20,23,32H2/t29-/m1/s1. The van der Waals surface area contributed by atoms with Crippen LogP contribution in [0.2, 0.25) is 0 Å². The Morgan fingerprint density at radius 3 is 2.76 bits per heavy atom. The maximum atomic E-state index is 5.86. The molecule has 1 aromatic carbocycles. The number of nitrogens with zero attached hydrogens (tertiary/aromatic N) is 5. The minimum atomic E-state index is 0.338. The topological polar surface area (TPSA) is 72.4 Å². The summed E-state index contributed by atoms with van der Waals surface area (Å²) in [5.74, 6) is 0. The molecule has 0 unspecified atom stereocenters. The molecule has 6 rings (SSSR count). The van der Waals surface area contributed by atoms with Crippen LogP contribution in [0, 0.1) is 0 Å². The van der Waals surface area contributed by atoms with Crippen molar-refractivity contribution in [2.45, 2.75) is 51.2 Å². The molecule has 1 fully saturated rings. The highest BCUT2D eigenvalue weighted by Crippen LogP contribution is 2.35. The summed E-state index contributed by atoms with van der Waals surface area (Å²) in [4.78, 5) is 15.0. The van der Waals surface area contributed by atoms with E-state index in [1.165, 1.54) is 39.5 Å². The summed E-state index contributed by atoms with van der Waals surface area (Å²) in [7, 11) is 0. The van der Waals surface area contributed by atoms with Crippen LogP contribution in [0.25, 0.3) is 21.8 Å². The first-order chi connectivity index (χ1) is 18.8. The lowest BCUT2D eigenvalue weighted by Gasteiger charge is -2.35. The van der Waals surface area contributed by atoms with Gasteiger partial charge in [-0.15, -0.1) is 0 Å². The van der Waals surface area contributed by atoms with Gasteiger partial charge in [-0.1, -0.05) is 24.3 Å². The molecule has 1 aliphatic heterocycles. The van der Waals surface area contributed by atoms with Gasteiger partial charge in [0.15, 0.2) is 0 Å². The third-order valence-corrected chi connectivity index (χ3v) is 8.33. The number of aryl methyl sites for hydroxylation is 1. The average Bonchev–Trinajstić information content (AvgIpc) is 3.29. The Hall–Kier alpha value is -2.84. The zero-order valence-corrected chi connectivity index (χ0v) is 22.4. The lowest BCUT2D eigenvalue weighted by atomic mass is 9.90. The van der Waals surface area contributed by atoms with E-state index in [1.54, 1.807) is 0 Å². The van der Waals surface area contributed by atoms with Crippen LogP contribution in [0.15, 0.2) is 54.9 Å². The number of nitrogens with two attached hydrogens (primary N) is 1. The molecule has 7 nitrogen and oxygen atoms in total. The van der Waals surface area contributed by atoms with Gasteiger partial charge in [0.05, 0.1) is 42.4 Å². The summed E-state index contributed by atoms with van der Waals surface area (Å²) in [6, 6.07) is 15.8. The Balaban J connectivity index is 1.30. The van der Waals surface area contributed by atoms with Crippen molar-refractivity contribution in [2.24, 2.45) is 5.73 Å². The normalized spacial score (nSPS) is 18.4. The van der Waals surface area contributed by atoms with E-state index in [0.717, 1.165) is 90.4 Å². The summed E-state index contributed by atoms with van der Waals surface area (Å²) < 4.78 is 8.00. The lowest BCUT2D eigenvalue weighted by molar-refractivity contribution is 0.0366. The molecule has 4 heterocycles. The molecule has 1 aliphatic carbocycles. The molecule has 1 atom stereocenters. The average molecular weight is 513 g/mol. The number of para-hydroxylation sites is 1. The molecule has 0 radical (unpaired) electrons. The largest absolute Gasteiger partial charge is 0.379 e. The van der Waals surface area contributed by atoms with Gasteiger partial charge in [0.1, 0.15) is 0 Å². The van der Waals surface area contributed by atoms with Crippen LogP contribution in [0.5, 0.6) is 0 Å². The van der Waals surface area contributed by atoms with Crippen molar-refractivity contribution in [3.05, 3.63) is 71.8 Å². The molecule has 2 aliphatic rings. The fourth-order valence-corrected chi connectivity index (χ4v) is 6.34. The molecular weight excluding hydrogens is 472 g/mol. The number of unbranched alkanes of at least 4 members (excludes halogenated alkanes) is 1. The highest BCUT2D eigenvalue weighted by Gasteiger charge is 2.27. The SMILES string of the molecule is NCCCCN(Cc1cc2c3ccccc3n(CCN3CCOCC3)c2cn1)[C@@H]1CCCc2cccnc21. The van der Waals surface area contributed by atoms with Gasteiger partial charge in [-0.25, -0.2) is 0 Å². The van der Waals surface area contributed by atoms with Crippen molar-refractivity contribution in [2.75, 3.05) is 45.9 Å². The van der Waals surface area contributed by atoms with Crippen LogP contribution in [0.3, 0.4) is 0 Å². The maximum absolute atomic E-state index is 5.86. The number of rotatable bonds is 10. The first kappa shape index (κ1) is 25.4. The second-order valence-corrected chi connectivity index (χ2v) is 10.7. The minimum Gasteiger partial charge on any atom is -0.379 e. The van der Waals surface area contributed by atoms with E-state index in [-0.39, 0.29) is 0 Å². The van der Waals surface area contributed by atoms with Crippen LogP contribution in [0.1, 0.15) is 48.7 Å². The van der Waals surface area contributed by atoms with Crippen molar-refractivity contribution in [1.29, 1.82) is 0 Å². The third kappa shape index (κ3) is 5.34. The first-order valence-corrected chi connectivity index (χ1v) is 14.4. The van der Waals surface area contributed by atoms with Gasteiger partial charge in [0.2, 0.25) is 0 Å². The molecule has 0 amide bonds. The third-order valence-electron chi connectivity index (χ3n) is 8.33. The molecule has 2 N–H and O–H groups in total. The first-order valence-electron chi connectivity index (χ1n) is 14.4. The van der Waals surface area contributed by atoms with E-state index in [9.17, 15) is 0 Å². The highest BCUT2D eigenvalue weighted by atomic mass is 16.5. The molecular formula is C31H40N6O. The van der Waals surface area contributed by atoms with Gasteiger partial charge in [-0.3, -0.25) is 19.8 Å². The van der Waals surface area contributed by atoms with Crippen LogP contribution in [-0.2, 0) is 24.2 Å². The lowest BCUT2D eigenvalue weighted by Crippen LogP contribution is -2.38. The minimum absolute atomic E-state index is 0.338. The van der Waals surface area contributed by atoms with Gasteiger partial charge in [0, 0.05) is 55.2 Å². The monoisotopic (exact) mass is 512 g/mol. The number of benzene rings is 1. The fourth-order valence-electron chi connectivity index (χ4n) is 6.34. The van der Waals surface area contributed by atoms with Gasteiger partial charge in [-0.2, -0.15) is 0 Å². The van der Waals surface area contributed by atoms with Crippen LogP contribution in [-0.4, -0.2) is 70.3 Å². The molecule has 7 heteroatoms.